The van der Waals surface area contributed by atoms with Crippen molar-refractivity contribution in [3.8, 4) is 0 Å². The number of nitrogens with one attached hydrogen (secondary N) is 2. The van der Waals surface area contributed by atoms with Crippen molar-refractivity contribution >= 4 is 33.4 Å². The number of benzene rings is 3. The molecule has 0 aromatic heterocycles. The Morgan fingerprint density at radius 3 is 2.22 bits per heavy atom. The topological polar surface area (TPSA) is 78.5 Å². The second-order valence-corrected chi connectivity index (χ2v) is 10.2. The van der Waals surface area contributed by atoms with E-state index in [4.69, 9.17) is 0 Å². The summed E-state index contributed by atoms with van der Waals surface area (Å²) >= 11 is 1.26. The van der Waals surface area contributed by atoms with Gasteiger partial charge >= 0.3 is 0 Å². The first kappa shape index (κ1) is 23.8. The maximum Gasteiger partial charge on any atom is 0.263 e. The Morgan fingerprint density at radius 2 is 1.50 bits per heavy atom. The van der Waals surface area contributed by atoms with Crippen molar-refractivity contribution in [1.82, 2.24) is 10.2 Å². The zero-order valence-electron chi connectivity index (χ0n) is 18.1. The molecule has 6 nitrogen and oxygen atoms in total. The van der Waals surface area contributed by atoms with E-state index in [0.29, 0.717) is 27.6 Å². The molecule has 0 heterocycles. The summed E-state index contributed by atoms with van der Waals surface area (Å²) in [6, 6.07) is 22.8. The molecule has 1 amide bonds. The second-order valence-electron chi connectivity index (χ2n) is 7.43. The van der Waals surface area contributed by atoms with Crippen molar-refractivity contribution in [2.75, 3.05) is 31.9 Å². The van der Waals surface area contributed by atoms with E-state index in [1.807, 2.05) is 32.3 Å². The van der Waals surface area contributed by atoms with Crippen LogP contribution in [0.2, 0.25) is 0 Å². The van der Waals surface area contributed by atoms with Crippen LogP contribution >= 0.6 is 11.8 Å². The number of sulfonamides is 1. The summed E-state index contributed by atoms with van der Waals surface area (Å²) in [6.07, 6.45) is 0.848. The third-order valence-electron chi connectivity index (χ3n) is 4.58. The summed E-state index contributed by atoms with van der Waals surface area (Å²) in [7, 11) is 0.185. The van der Waals surface area contributed by atoms with Crippen molar-refractivity contribution < 1.29 is 13.2 Å². The number of carbonyl (C=O) groups is 1. The quantitative estimate of drug-likeness (QED) is 0.433. The van der Waals surface area contributed by atoms with E-state index < -0.39 is 10.0 Å². The second kappa shape index (κ2) is 11.2. The lowest BCUT2D eigenvalue weighted by Crippen LogP contribution is -2.27. The minimum absolute atomic E-state index is 0.162. The molecular formula is C24H27N3O3S2. The summed E-state index contributed by atoms with van der Waals surface area (Å²) in [4.78, 5) is 16.2. The largest absolute Gasteiger partial charge is 0.352 e. The maximum absolute atomic E-state index is 13.1. The van der Waals surface area contributed by atoms with E-state index in [2.05, 4.69) is 14.9 Å². The zero-order chi connectivity index (χ0) is 23.0. The van der Waals surface area contributed by atoms with E-state index in [9.17, 15) is 13.2 Å². The summed E-state index contributed by atoms with van der Waals surface area (Å²) in [5.41, 5.74) is 1.01. The van der Waals surface area contributed by atoms with Crippen LogP contribution in [0.1, 0.15) is 16.8 Å². The van der Waals surface area contributed by atoms with Gasteiger partial charge in [0.25, 0.3) is 15.9 Å². The lowest BCUT2D eigenvalue weighted by Gasteiger charge is -2.14. The van der Waals surface area contributed by atoms with Crippen LogP contribution in [0, 0.1) is 0 Å². The maximum atomic E-state index is 13.1. The Kier molecular flexibility index (Phi) is 8.33. The fourth-order valence-corrected chi connectivity index (χ4v) is 5.60. The van der Waals surface area contributed by atoms with Crippen LogP contribution < -0.4 is 10.0 Å². The average molecular weight is 470 g/mol. The van der Waals surface area contributed by atoms with Gasteiger partial charge in [-0.25, -0.2) is 8.42 Å². The number of anilines is 1. The van der Waals surface area contributed by atoms with E-state index >= 15 is 0 Å². The van der Waals surface area contributed by atoms with Crippen LogP contribution in [0.4, 0.5) is 5.69 Å². The fourth-order valence-electron chi connectivity index (χ4n) is 3.03. The number of nitrogens with zero attached hydrogens (tertiary/aromatic N) is 1. The van der Waals surface area contributed by atoms with E-state index in [-0.39, 0.29) is 10.8 Å². The molecule has 32 heavy (non-hydrogen) atoms. The minimum Gasteiger partial charge on any atom is -0.352 e. The smallest absolute Gasteiger partial charge is 0.263 e. The van der Waals surface area contributed by atoms with Crippen molar-refractivity contribution in [3.05, 3.63) is 84.4 Å². The number of para-hydroxylation sites is 1. The van der Waals surface area contributed by atoms with Gasteiger partial charge in [-0.2, -0.15) is 0 Å². The SMILES string of the molecule is CN(C)CCCNC(=O)c1ccccc1Sc1ccccc1S(=O)(=O)Nc1ccccc1. The first-order valence-electron chi connectivity index (χ1n) is 10.2. The third kappa shape index (κ3) is 6.59. The molecule has 0 unspecified atom stereocenters. The Bertz CT molecular complexity index is 1150. The van der Waals surface area contributed by atoms with Crippen LogP contribution in [-0.2, 0) is 10.0 Å². The van der Waals surface area contributed by atoms with Gasteiger partial charge in [-0.15, -0.1) is 0 Å². The number of amides is 1. The van der Waals surface area contributed by atoms with Crippen LogP contribution in [-0.4, -0.2) is 46.4 Å². The van der Waals surface area contributed by atoms with Crippen LogP contribution in [0.15, 0.2) is 93.5 Å². The van der Waals surface area contributed by atoms with Crippen LogP contribution in [0.5, 0.6) is 0 Å². The summed E-state index contributed by atoms with van der Waals surface area (Å²) in [6.45, 7) is 1.46. The molecular weight excluding hydrogens is 442 g/mol. The highest BCUT2D eigenvalue weighted by Crippen LogP contribution is 2.35. The molecule has 2 N–H and O–H groups in total. The first-order valence-corrected chi connectivity index (χ1v) is 12.5. The van der Waals surface area contributed by atoms with Gasteiger partial charge in [0.2, 0.25) is 0 Å². The average Bonchev–Trinajstić information content (AvgIpc) is 2.77. The Morgan fingerprint density at radius 1 is 0.875 bits per heavy atom. The molecule has 0 aliphatic heterocycles. The van der Waals surface area contributed by atoms with Crippen LogP contribution in [0.3, 0.4) is 0 Å². The Labute approximate surface area is 194 Å². The van der Waals surface area contributed by atoms with E-state index in [0.717, 1.165) is 13.0 Å². The molecule has 3 aromatic rings. The lowest BCUT2D eigenvalue weighted by molar-refractivity contribution is 0.0949. The van der Waals surface area contributed by atoms with Gasteiger partial charge in [0.1, 0.15) is 4.90 Å². The predicted molar refractivity (Wildman–Crippen MR) is 130 cm³/mol. The van der Waals surface area contributed by atoms with Gasteiger partial charge < -0.3 is 10.2 Å². The lowest BCUT2D eigenvalue weighted by atomic mass is 10.2. The molecule has 0 spiro atoms. The summed E-state index contributed by atoms with van der Waals surface area (Å²) < 4.78 is 28.7. The highest BCUT2D eigenvalue weighted by molar-refractivity contribution is 8.00. The fraction of sp³-hybridized carbons (Fsp3) is 0.208. The first-order chi connectivity index (χ1) is 15.4. The standard InChI is InChI=1S/C24H27N3O3S2/c1-27(2)18-10-17-25-24(28)20-13-6-7-14-21(20)31-22-15-8-9-16-23(22)32(29,30)26-19-11-4-3-5-12-19/h3-9,11-16,26H,10,17-18H2,1-2H3,(H,25,28). The molecule has 0 saturated carbocycles. The monoisotopic (exact) mass is 469 g/mol. The summed E-state index contributed by atoms with van der Waals surface area (Å²) in [5.74, 6) is -0.172. The molecule has 0 radical (unpaired) electrons. The molecule has 0 aliphatic carbocycles. The van der Waals surface area contributed by atoms with Gasteiger partial charge in [0.15, 0.2) is 0 Å². The highest BCUT2D eigenvalue weighted by atomic mass is 32.2. The normalized spacial score (nSPS) is 11.3. The van der Waals surface area contributed by atoms with Crippen molar-refractivity contribution in [2.45, 2.75) is 21.1 Å². The number of hydrogen-bond acceptors (Lipinski definition) is 5. The molecule has 0 atom stereocenters. The van der Waals surface area contributed by atoms with Gasteiger partial charge in [-0.1, -0.05) is 54.2 Å². The molecule has 168 valence electrons. The minimum atomic E-state index is -3.80. The van der Waals surface area contributed by atoms with E-state index in [1.54, 1.807) is 60.7 Å². The van der Waals surface area contributed by atoms with Gasteiger partial charge in [0, 0.05) is 22.0 Å². The van der Waals surface area contributed by atoms with Crippen LogP contribution in [0.25, 0.3) is 0 Å². The molecule has 0 fully saturated rings. The van der Waals surface area contributed by atoms with Gasteiger partial charge in [-0.05, 0) is 63.5 Å². The number of carbonyl (C=O) groups excluding carboxylic acids is 1. The molecule has 0 bridgehead atoms. The van der Waals surface area contributed by atoms with Crippen molar-refractivity contribution in [1.29, 1.82) is 0 Å². The van der Waals surface area contributed by atoms with Gasteiger partial charge in [0.05, 0.1) is 5.56 Å². The molecule has 3 rings (SSSR count). The van der Waals surface area contributed by atoms with Crippen molar-refractivity contribution in [2.24, 2.45) is 0 Å². The molecule has 3 aromatic carbocycles. The summed E-state index contributed by atoms with van der Waals surface area (Å²) in [5, 5.41) is 2.95. The Hall–Kier alpha value is -2.81. The molecule has 0 saturated heterocycles. The predicted octanol–water partition coefficient (Wildman–Crippen LogP) is 4.32. The van der Waals surface area contributed by atoms with E-state index in [1.165, 1.54) is 11.8 Å². The Balaban J connectivity index is 1.81. The molecule has 0 aliphatic rings. The highest BCUT2D eigenvalue weighted by Gasteiger charge is 2.20. The number of hydrogen-bond donors (Lipinski definition) is 2. The molecule has 8 heteroatoms. The van der Waals surface area contributed by atoms with Gasteiger partial charge in [-0.3, -0.25) is 9.52 Å². The van der Waals surface area contributed by atoms with Crippen molar-refractivity contribution in [3.63, 3.8) is 0 Å². The third-order valence-corrected chi connectivity index (χ3v) is 7.30. The number of rotatable bonds is 10. The zero-order valence-corrected chi connectivity index (χ0v) is 19.7.